The number of hydrogen-bond donors (Lipinski definition) is 1. The summed E-state index contributed by atoms with van der Waals surface area (Å²) in [6, 6.07) is 10.0. The minimum Gasteiger partial charge on any atom is -0.473 e. The van der Waals surface area contributed by atoms with Gasteiger partial charge in [0, 0.05) is 18.7 Å². The smallest absolute Gasteiger partial charge is 0.214 e. The van der Waals surface area contributed by atoms with E-state index in [1.54, 1.807) is 37.4 Å². The summed E-state index contributed by atoms with van der Waals surface area (Å²) in [7, 11) is 1.65. The first-order valence-corrected chi connectivity index (χ1v) is 6.38. The molecular weight excluding hydrogens is 313 g/mol. The number of rotatable bonds is 4. The summed E-state index contributed by atoms with van der Waals surface area (Å²) in [6.07, 6.45) is 0. The number of aromatic nitrogens is 1. The lowest BCUT2D eigenvalue weighted by molar-refractivity contribution is 0.288. The average Bonchev–Trinajstić information content (AvgIpc) is 2.37. The molecule has 4 nitrogen and oxygen atoms in total. The van der Waals surface area contributed by atoms with Crippen molar-refractivity contribution in [3.63, 3.8) is 0 Å². The predicted octanol–water partition coefficient (Wildman–Crippen LogP) is 2.87. The molecule has 2 rings (SSSR count). The fourth-order valence-corrected chi connectivity index (χ4v) is 1.96. The molecule has 19 heavy (non-hydrogen) atoms. The van der Waals surface area contributed by atoms with Crippen molar-refractivity contribution in [3.05, 3.63) is 52.4 Å². The molecule has 1 aromatic carbocycles. The highest BCUT2D eigenvalue weighted by atomic mass is 79.9. The van der Waals surface area contributed by atoms with E-state index >= 15 is 0 Å². The van der Waals surface area contributed by atoms with Gasteiger partial charge in [-0.15, -0.1) is 0 Å². The molecule has 1 heterocycles. The van der Waals surface area contributed by atoms with Crippen LogP contribution in [0.5, 0.6) is 5.88 Å². The summed E-state index contributed by atoms with van der Waals surface area (Å²) in [6.45, 7) is 0.0625. The molecule has 0 unspecified atom stereocenters. The van der Waals surface area contributed by atoms with Crippen molar-refractivity contribution in [3.8, 4) is 5.88 Å². The third kappa shape index (κ3) is 3.42. The molecule has 0 aliphatic rings. The van der Waals surface area contributed by atoms with Crippen LogP contribution in [0, 0.1) is 5.82 Å². The summed E-state index contributed by atoms with van der Waals surface area (Å²) in [5.41, 5.74) is 0.976. The Morgan fingerprint density at radius 2 is 2.05 bits per heavy atom. The van der Waals surface area contributed by atoms with Gasteiger partial charge in [0.1, 0.15) is 17.0 Å². The fraction of sp³-hybridized carbons (Fsp3) is 0.154. The van der Waals surface area contributed by atoms with E-state index < -0.39 is 0 Å². The zero-order valence-corrected chi connectivity index (χ0v) is 11.9. The molecule has 0 radical (unpaired) electrons. The van der Waals surface area contributed by atoms with Crippen molar-refractivity contribution in [1.82, 2.24) is 4.98 Å². The van der Waals surface area contributed by atoms with Gasteiger partial charge in [-0.3, -0.25) is 0 Å². The number of halogens is 2. The van der Waals surface area contributed by atoms with E-state index in [0.717, 1.165) is 0 Å². The van der Waals surface area contributed by atoms with Gasteiger partial charge < -0.3 is 9.75 Å². The lowest BCUT2D eigenvalue weighted by Gasteiger charge is -2.17. The van der Waals surface area contributed by atoms with E-state index in [9.17, 15) is 4.39 Å². The minimum atomic E-state index is -0.357. The number of hydrogen-bond acceptors (Lipinski definition) is 4. The topological polar surface area (TPSA) is 51.4 Å². The Morgan fingerprint density at radius 3 is 2.74 bits per heavy atom. The molecule has 100 valence electrons. The number of nitrogens with zero attached hydrogens (tertiary/aromatic N) is 2. The molecule has 1 aromatic heterocycles. The van der Waals surface area contributed by atoms with Gasteiger partial charge in [-0.05, 0) is 34.1 Å². The van der Waals surface area contributed by atoms with Gasteiger partial charge >= 0.3 is 0 Å². The van der Waals surface area contributed by atoms with E-state index in [1.165, 1.54) is 11.1 Å². The van der Waals surface area contributed by atoms with Gasteiger partial charge in [-0.2, -0.15) is 0 Å². The van der Waals surface area contributed by atoms with Gasteiger partial charge in [0.25, 0.3) is 0 Å². The quantitative estimate of drug-likeness (QED) is 0.533. The fourth-order valence-electron chi connectivity index (χ4n) is 1.64. The molecule has 0 saturated heterocycles. The Balaban J connectivity index is 2.19. The van der Waals surface area contributed by atoms with Crippen LogP contribution in [0.15, 0.2) is 41.0 Å². The van der Waals surface area contributed by atoms with Crippen LogP contribution in [0.25, 0.3) is 0 Å². The first kappa shape index (κ1) is 13.8. The van der Waals surface area contributed by atoms with Crippen LogP contribution in [0.4, 0.5) is 10.1 Å². The number of nitrogens with two attached hydrogens (primary N) is 1. The molecule has 6 heteroatoms. The Kier molecular flexibility index (Phi) is 4.34. The predicted molar refractivity (Wildman–Crippen MR) is 75.3 cm³/mol. The van der Waals surface area contributed by atoms with Crippen LogP contribution in [-0.4, -0.2) is 12.0 Å². The molecule has 0 fully saturated rings. The number of anilines is 1. The van der Waals surface area contributed by atoms with Crippen LogP contribution in [0.1, 0.15) is 5.56 Å². The molecule has 0 amide bonds. The van der Waals surface area contributed by atoms with Crippen molar-refractivity contribution < 1.29 is 9.13 Å². The summed E-state index contributed by atoms with van der Waals surface area (Å²) in [5, 5.41) is 1.36. The highest BCUT2D eigenvalue weighted by molar-refractivity contribution is 9.10. The summed E-state index contributed by atoms with van der Waals surface area (Å²) >= 11 is 3.25. The van der Waals surface area contributed by atoms with E-state index in [1.807, 2.05) is 0 Å². The van der Waals surface area contributed by atoms with Crippen LogP contribution >= 0.6 is 15.9 Å². The summed E-state index contributed by atoms with van der Waals surface area (Å²) in [5.74, 6) is 5.73. The van der Waals surface area contributed by atoms with Crippen molar-refractivity contribution in [2.75, 3.05) is 12.1 Å². The average molecular weight is 326 g/mol. The maximum absolute atomic E-state index is 13.8. The second kappa shape index (κ2) is 5.99. The lowest BCUT2D eigenvalue weighted by Crippen LogP contribution is -2.27. The molecule has 0 aliphatic carbocycles. The molecule has 0 aliphatic heterocycles. The standard InChI is InChI=1S/C13H13BrFN3O/c1-18(16)11-5-2-4-10(15)9(11)8-19-13-7-3-6-12(14)17-13/h2-7H,8,16H2,1H3. The van der Waals surface area contributed by atoms with Crippen molar-refractivity contribution in [1.29, 1.82) is 0 Å². The highest BCUT2D eigenvalue weighted by Gasteiger charge is 2.11. The molecular formula is C13H13BrFN3O. The summed E-state index contributed by atoms with van der Waals surface area (Å²) < 4.78 is 19.9. The Hall–Kier alpha value is -1.66. The van der Waals surface area contributed by atoms with Gasteiger partial charge in [0.05, 0.1) is 5.69 Å². The van der Waals surface area contributed by atoms with Gasteiger partial charge in [0.15, 0.2) is 0 Å². The van der Waals surface area contributed by atoms with Crippen LogP contribution in [0.3, 0.4) is 0 Å². The second-order valence-electron chi connectivity index (χ2n) is 3.94. The maximum Gasteiger partial charge on any atom is 0.214 e. The Bertz CT molecular complexity index is 578. The van der Waals surface area contributed by atoms with Gasteiger partial charge in [-0.1, -0.05) is 12.1 Å². The molecule has 0 bridgehead atoms. The number of pyridine rings is 1. The molecule has 2 aromatic rings. The normalized spacial score (nSPS) is 10.3. The van der Waals surface area contributed by atoms with Gasteiger partial charge in [0.2, 0.25) is 5.88 Å². The van der Waals surface area contributed by atoms with Gasteiger partial charge in [-0.25, -0.2) is 15.2 Å². The zero-order chi connectivity index (χ0) is 13.8. The monoisotopic (exact) mass is 325 g/mol. The minimum absolute atomic E-state index is 0.0625. The van der Waals surface area contributed by atoms with Crippen LogP contribution in [-0.2, 0) is 6.61 Å². The molecule has 0 atom stereocenters. The highest BCUT2D eigenvalue weighted by Crippen LogP contribution is 2.22. The maximum atomic E-state index is 13.8. The van der Waals surface area contributed by atoms with Crippen molar-refractivity contribution in [2.24, 2.45) is 5.84 Å². The molecule has 0 saturated carbocycles. The van der Waals surface area contributed by atoms with E-state index in [0.29, 0.717) is 21.7 Å². The third-order valence-corrected chi connectivity index (χ3v) is 2.97. The third-order valence-electron chi connectivity index (χ3n) is 2.53. The summed E-state index contributed by atoms with van der Waals surface area (Å²) in [4.78, 5) is 4.12. The largest absolute Gasteiger partial charge is 0.473 e. The Morgan fingerprint density at radius 1 is 1.32 bits per heavy atom. The molecule has 2 N–H and O–H groups in total. The zero-order valence-electron chi connectivity index (χ0n) is 10.3. The molecule has 0 spiro atoms. The Labute approximate surface area is 119 Å². The lowest BCUT2D eigenvalue weighted by atomic mass is 10.1. The second-order valence-corrected chi connectivity index (χ2v) is 4.75. The number of ether oxygens (including phenoxy) is 1. The SMILES string of the molecule is CN(N)c1cccc(F)c1COc1cccc(Br)n1. The first-order chi connectivity index (χ1) is 9.08. The number of hydrazine groups is 1. The van der Waals surface area contributed by atoms with E-state index in [-0.39, 0.29) is 12.4 Å². The van der Waals surface area contributed by atoms with Crippen molar-refractivity contribution in [2.45, 2.75) is 6.61 Å². The first-order valence-electron chi connectivity index (χ1n) is 5.59. The van der Waals surface area contributed by atoms with Crippen LogP contribution in [0.2, 0.25) is 0 Å². The number of benzene rings is 1. The van der Waals surface area contributed by atoms with Crippen LogP contribution < -0.4 is 15.6 Å². The van der Waals surface area contributed by atoms with E-state index in [4.69, 9.17) is 10.6 Å². The van der Waals surface area contributed by atoms with Crippen molar-refractivity contribution >= 4 is 21.6 Å². The van der Waals surface area contributed by atoms with E-state index in [2.05, 4.69) is 20.9 Å².